The Kier molecular flexibility index (Phi) is 6.19. The zero-order valence-corrected chi connectivity index (χ0v) is 15.1. The molecule has 0 radical (unpaired) electrons. The Morgan fingerprint density at radius 1 is 0.926 bits per heavy atom. The van der Waals surface area contributed by atoms with Crippen LogP contribution in [-0.2, 0) is 4.84 Å². The minimum atomic E-state index is 0.398. The van der Waals surface area contributed by atoms with Crippen LogP contribution in [0, 0.1) is 4.91 Å². The molecule has 0 amide bonds. The quantitative estimate of drug-likeness (QED) is 0.331. The number of hydrogen-bond donors (Lipinski definition) is 1. The van der Waals surface area contributed by atoms with Crippen LogP contribution in [0.2, 0.25) is 0 Å². The molecule has 0 saturated carbocycles. The van der Waals surface area contributed by atoms with Crippen molar-refractivity contribution in [1.29, 1.82) is 0 Å². The second kappa shape index (κ2) is 8.98. The normalized spacial score (nSPS) is 11.2. The molecule has 0 atom stereocenters. The summed E-state index contributed by atoms with van der Waals surface area (Å²) in [6.45, 7) is 4.12. The second-order valence-electron chi connectivity index (χ2n) is 5.91. The van der Waals surface area contributed by atoms with Crippen molar-refractivity contribution in [3.05, 3.63) is 65.6 Å². The zero-order chi connectivity index (χ0) is 19.1. The fourth-order valence-corrected chi connectivity index (χ4v) is 2.91. The Morgan fingerprint density at radius 2 is 1.59 bits per heavy atom. The monoisotopic (exact) mass is 363 g/mol. The summed E-state index contributed by atoms with van der Waals surface area (Å²) < 4.78 is 0. The number of azo groups is 1. The molecule has 0 aromatic heterocycles. The number of fused-ring (bicyclic) bond motifs is 1. The van der Waals surface area contributed by atoms with E-state index in [4.69, 9.17) is 5.90 Å². The molecule has 3 aromatic carbocycles. The summed E-state index contributed by atoms with van der Waals surface area (Å²) in [5.41, 5.74) is 2.90. The molecular formula is C20H21N5O2. The van der Waals surface area contributed by atoms with Gasteiger partial charge in [0.2, 0.25) is 0 Å². The molecule has 0 saturated heterocycles. The molecule has 27 heavy (non-hydrogen) atoms. The average molecular weight is 363 g/mol. The molecule has 3 aromatic rings. The summed E-state index contributed by atoms with van der Waals surface area (Å²) in [7, 11) is 0. The first kappa shape index (κ1) is 18.6. The van der Waals surface area contributed by atoms with Crippen LogP contribution in [0.1, 0.15) is 6.92 Å². The van der Waals surface area contributed by atoms with Gasteiger partial charge in [0.25, 0.3) is 0 Å². The predicted molar refractivity (Wildman–Crippen MR) is 108 cm³/mol. The van der Waals surface area contributed by atoms with Crippen molar-refractivity contribution < 1.29 is 4.84 Å². The van der Waals surface area contributed by atoms with Crippen LogP contribution in [0.25, 0.3) is 10.8 Å². The van der Waals surface area contributed by atoms with Crippen LogP contribution in [-0.4, -0.2) is 19.7 Å². The van der Waals surface area contributed by atoms with Gasteiger partial charge in [0.05, 0.1) is 18.0 Å². The molecular weight excluding hydrogens is 342 g/mol. The topological polar surface area (TPSA) is 92.6 Å². The van der Waals surface area contributed by atoms with E-state index in [-0.39, 0.29) is 0 Å². The number of nitrogens with zero attached hydrogens (tertiary/aromatic N) is 4. The Balaban J connectivity index is 1.82. The van der Waals surface area contributed by atoms with Crippen molar-refractivity contribution in [1.82, 2.24) is 0 Å². The summed E-state index contributed by atoms with van der Waals surface area (Å²) in [6, 6.07) is 18.7. The van der Waals surface area contributed by atoms with E-state index >= 15 is 0 Å². The van der Waals surface area contributed by atoms with Crippen molar-refractivity contribution in [3.8, 4) is 0 Å². The van der Waals surface area contributed by atoms with E-state index in [1.54, 1.807) is 12.1 Å². The van der Waals surface area contributed by atoms with E-state index in [9.17, 15) is 4.91 Å². The van der Waals surface area contributed by atoms with E-state index in [1.807, 2.05) is 48.5 Å². The van der Waals surface area contributed by atoms with Crippen molar-refractivity contribution in [2.75, 3.05) is 24.6 Å². The molecule has 3 rings (SSSR count). The van der Waals surface area contributed by atoms with Gasteiger partial charge < -0.3 is 9.74 Å². The Bertz CT molecular complexity index is 941. The molecule has 7 nitrogen and oxygen atoms in total. The maximum Gasteiger partial charge on any atom is 0.115 e. The third kappa shape index (κ3) is 4.33. The van der Waals surface area contributed by atoms with Gasteiger partial charge in [-0.1, -0.05) is 24.3 Å². The molecule has 7 heteroatoms. The van der Waals surface area contributed by atoms with Crippen LogP contribution in [0.5, 0.6) is 0 Å². The highest BCUT2D eigenvalue weighted by atomic mass is 16.6. The van der Waals surface area contributed by atoms with E-state index < -0.39 is 0 Å². The smallest absolute Gasteiger partial charge is 0.115 e. The number of hydrogen-bond acceptors (Lipinski definition) is 7. The summed E-state index contributed by atoms with van der Waals surface area (Å²) in [6.07, 6.45) is 0. The van der Waals surface area contributed by atoms with Gasteiger partial charge in [-0.15, -0.1) is 10.0 Å². The first-order valence-electron chi connectivity index (χ1n) is 8.70. The van der Waals surface area contributed by atoms with Gasteiger partial charge in [-0.05, 0) is 48.5 Å². The molecule has 0 bridgehead atoms. The number of anilines is 1. The van der Waals surface area contributed by atoms with Gasteiger partial charge in [-0.25, -0.2) is 5.90 Å². The van der Waals surface area contributed by atoms with Crippen LogP contribution in [0.4, 0.5) is 22.7 Å². The lowest BCUT2D eigenvalue weighted by molar-refractivity contribution is 0.144. The fraction of sp³-hybridized carbons (Fsp3) is 0.200. The summed E-state index contributed by atoms with van der Waals surface area (Å²) in [5.74, 6) is 5.11. The van der Waals surface area contributed by atoms with E-state index in [1.165, 1.54) is 0 Å². The molecule has 0 heterocycles. The summed E-state index contributed by atoms with van der Waals surface area (Å²) >= 11 is 0. The van der Waals surface area contributed by atoms with E-state index in [2.05, 4.69) is 32.1 Å². The molecule has 0 aliphatic heterocycles. The Morgan fingerprint density at radius 3 is 2.22 bits per heavy atom. The van der Waals surface area contributed by atoms with Gasteiger partial charge in [0.15, 0.2) is 0 Å². The van der Waals surface area contributed by atoms with Gasteiger partial charge in [0, 0.05) is 29.5 Å². The Labute approximate surface area is 157 Å². The third-order valence-corrected chi connectivity index (χ3v) is 4.33. The zero-order valence-electron chi connectivity index (χ0n) is 15.1. The molecule has 0 aliphatic rings. The highest BCUT2D eigenvalue weighted by Crippen LogP contribution is 2.34. The predicted octanol–water partition coefficient (Wildman–Crippen LogP) is 5.37. The molecule has 2 N–H and O–H groups in total. The van der Waals surface area contributed by atoms with Crippen molar-refractivity contribution in [3.63, 3.8) is 0 Å². The summed E-state index contributed by atoms with van der Waals surface area (Å²) in [4.78, 5) is 17.8. The van der Waals surface area contributed by atoms with Crippen LogP contribution in [0.15, 0.2) is 76.1 Å². The highest BCUT2D eigenvalue weighted by molar-refractivity contribution is 5.99. The lowest BCUT2D eigenvalue weighted by atomic mass is 10.1. The molecule has 138 valence electrons. The first-order valence-corrected chi connectivity index (χ1v) is 8.70. The van der Waals surface area contributed by atoms with Crippen LogP contribution < -0.4 is 10.8 Å². The third-order valence-electron chi connectivity index (χ3n) is 4.33. The van der Waals surface area contributed by atoms with E-state index in [0.717, 1.165) is 35.2 Å². The van der Waals surface area contributed by atoms with Gasteiger partial charge in [-0.2, -0.15) is 5.11 Å². The largest absolute Gasteiger partial charge is 0.369 e. The number of benzene rings is 3. The lowest BCUT2D eigenvalue weighted by Gasteiger charge is -2.22. The van der Waals surface area contributed by atoms with Gasteiger partial charge in [0.1, 0.15) is 5.69 Å². The summed E-state index contributed by atoms with van der Waals surface area (Å²) in [5, 5.41) is 13.4. The number of likely N-dealkylation sites (N-methyl/N-ethyl adjacent to an activating group) is 1. The number of nitroso groups, excluding NO2 is 1. The maximum absolute atomic E-state index is 11.0. The molecule has 0 unspecified atom stereocenters. The standard InChI is InChI=1S/C20H21N5O2/c1-2-25(13-14-27-21)16-9-7-15(8-10-16)22-23-19-11-12-20(24-26)18-6-4-3-5-17(18)19/h3-12H,2,13-14,21H2,1H3. The van der Waals surface area contributed by atoms with Crippen molar-refractivity contribution in [2.24, 2.45) is 21.3 Å². The SMILES string of the molecule is CCN(CCON)c1ccc(N=Nc2ccc(N=O)c3ccccc23)cc1. The average Bonchev–Trinajstić information content (AvgIpc) is 2.73. The first-order chi connectivity index (χ1) is 13.3. The maximum atomic E-state index is 11.0. The number of rotatable bonds is 8. The van der Waals surface area contributed by atoms with Crippen molar-refractivity contribution in [2.45, 2.75) is 6.92 Å². The van der Waals surface area contributed by atoms with Crippen molar-refractivity contribution >= 4 is 33.5 Å². The molecule has 0 spiro atoms. The van der Waals surface area contributed by atoms with E-state index in [0.29, 0.717) is 18.0 Å². The fourth-order valence-electron chi connectivity index (χ4n) is 2.91. The van der Waals surface area contributed by atoms with Gasteiger partial charge in [-0.3, -0.25) is 0 Å². The van der Waals surface area contributed by atoms with Crippen LogP contribution in [0.3, 0.4) is 0 Å². The minimum Gasteiger partial charge on any atom is -0.369 e. The second-order valence-corrected chi connectivity index (χ2v) is 5.91. The lowest BCUT2D eigenvalue weighted by Crippen LogP contribution is -2.27. The van der Waals surface area contributed by atoms with Gasteiger partial charge >= 0.3 is 0 Å². The van der Waals surface area contributed by atoms with Crippen LogP contribution >= 0.6 is 0 Å². The number of nitrogens with two attached hydrogens (primary N) is 1. The molecule has 0 fully saturated rings. The Hall–Kier alpha value is -3.16. The minimum absolute atomic E-state index is 0.398. The highest BCUT2D eigenvalue weighted by Gasteiger charge is 2.06. The molecule has 0 aliphatic carbocycles.